The molecule has 0 spiro atoms. The number of nitrogens with zero attached hydrogens (tertiary/aromatic N) is 1. The molecular formula is C24H25N3O3S2. The van der Waals surface area contributed by atoms with Crippen LogP contribution in [0.4, 0.5) is 11.4 Å². The van der Waals surface area contributed by atoms with Crippen LogP contribution in [0.25, 0.3) is 0 Å². The maximum Gasteiger partial charge on any atom is 0.264 e. The first kappa shape index (κ1) is 23.4. The molecule has 166 valence electrons. The summed E-state index contributed by atoms with van der Waals surface area (Å²) in [4.78, 5) is 12.5. The van der Waals surface area contributed by atoms with Gasteiger partial charge in [-0.2, -0.15) is 0 Å². The molecule has 0 aromatic heterocycles. The summed E-state index contributed by atoms with van der Waals surface area (Å²) in [7, 11) is -2.19. The van der Waals surface area contributed by atoms with Gasteiger partial charge in [-0.25, -0.2) is 8.42 Å². The molecule has 0 aliphatic rings. The van der Waals surface area contributed by atoms with Crippen LogP contribution in [-0.2, 0) is 10.0 Å². The summed E-state index contributed by atoms with van der Waals surface area (Å²) in [6.45, 7) is 4.18. The smallest absolute Gasteiger partial charge is 0.264 e. The molecule has 3 aromatic carbocycles. The van der Waals surface area contributed by atoms with Crippen LogP contribution < -0.4 is 14.9 Å². The van der Waals surface area contributed by atoms with E-state index in [0.29, 0.717) is 22.9 Å². The van der Waals surface area contributed by atoms with Gasteiger partial charge in [-0.1, -0.05) is 44.2 Å². The summed E-state index contributed by atoms with van der Waals surface area (Å²) in [6.07, 6.45) is 0. The van der Waals surface area contributed by atoms with Crippen LogP contribution in [0.3, 0.4) is 0 Å². The van der Waals surface area contributed by atoms with Crippen LogP contribution in [0, 0.1) is 0 Å². The second-order valence-electron chi connectivity index (χ2n) is 7.52. The van der Waals surface area contributed by atoms with E-state index < -0.39 is 10.0 Å². The fourth-order valence-electron chi connectivity index (χ4n) is 3.00. The first-order chi connectivity index (χ1) is 15.2. The number of carbonyl (C=O) groups excluding carboxylic acids is 1. The van der Waals surface area contributed by atoms with Gasteiger partial charge in [0.15, 0.2) is 5.11 Å². The number of para-hydroxylation sites is 1. The number of nitrogens with one attached hydrogen (secondary N) is 2. The predicted octanol–water partition coefficient (Wildman–Crippen LogP) is 4.76. The van der Waals surface area contributed by atoms with Gasteiger partial charge in [-0.15, -0.1) is 0 Å². The molecule has 0 saturated carbocycles. The van der Waals surface area contributed by atoms with Crippen molar-refractivity contribution in [3.05, 3.63) is 90.0 Å². The van der Waals surface area contributed by atoms with E-state index in [1.54, 1.807) is 48.5 Å². The fourth-order valence-corrected chi connectivity index (χ4v) is 4.41. The second-order valence-corrected chi connectivity index (χ2v) is 9.89. The summed E-state index contributed by atoms with van der Waals surface area (Å²) in [6, 6.07) is 22.4. The Morgan fingerprint density at radius 3 is 2.06 bits per heavy atom. The van der Waals surface area contributed by atoms with Crippen LogP contribution in [0.2, 0.25) is 0 Å². The van der Waals surface area contributed by atoms with Gasteiger partial charge in [-0.3, -0.25) is 14.4 Å². The molecule has 1 amide bonds. The fraction of sp³-hybridized carbons (Fsp3) is 0.167. The van der Waals surface area contributed by atoms with E-state index in [0.717, 1.165) is 5.56 Å². The molecule has 8 heteroatoms. The van der Waals surface area contributed by atoms with E-state index >= 15 is 0 Å². The average molecular weight is 468 g/mol. The number of hydrogen-bond donors (Lipinski definition) is 2. The zero-order valence-electron chi connectivity index (χ0n) is 18.1. The Hall–Kier alpha value is -3.23. The van der Waals surface area contributed by atoms with E-state index in [4.69, 9.17) is 12.2 Å². The summed E-state index contributed by atoms with van der Waals surface area (Å²) in [5.74, 6) is 0.0654. The lowest BCUT2D eigenvalue weighted by Gasteiger charge is -2.19. The highest BCUT2D eigenvalue weighted by atomic mass is 32.2. The zero-order chi connectivity index (χ0) is 23.3. The van der Waals surface area contributed by atoms with Crippen molar-refractivity contribution < 1.29 is 13.2 Å². The Balaban J connectivity index is 1.63. The van der Waals surface area contributed by atoms with Crippen LogP contribution in [-0.4, -0.2) is 26.5 Å². The molecule has 0 saturated heterocycles. The van der Waals surface area contributed by atoms with E-state index in [-0.39, 0.29) is 15.9 Å². The Bertz CT molecular complexity index is 1190. The molecule has 0 radical (unpaired) electrons. The molecule has 0 heterocycles. The molecule has 6 nitrogen and oxygen atoms in total. The zero-order valence-corrected chi connectivity index (χ0v) is 19.7. The standard InChI is InChI=1S/C24H25N3O3S2/c1-17(2)18-9-11-19(12-10-18)23(28)26-24(31)25-20-13-15-22(16-14-20)32(29,30)27(3)21-7-5-4-6-8-21/h4-17H,1-3H3,(H2,25,26,28,31). The molecule has 0 fully saturated rings. The summed E-state index contributed by atoms with van der Waals surface area (Å²) in [5, 5.41) is 5.66. The number of anilines is 2. The molecule has 0 aliphatic heterocycles. The number of hydrogen-bond acceptors (Lipinski definition) is 4. The van der Waals surface area contributed by atoms with Gasteiger partial charge in [0.2, 0.25) is 0 Å². The molecular weight excluding hydrogens is 442 g/mol. The molecule has 3 rings (SSSR count). The average Bonchev–Trinajstić information content (AvgIpc) is 2.79. The van der Waals surface area contributed by atoms with Gasteiger partial charge >= 0.3 is 0 Å². The van der Waals surface area contributed by atoms with Crippen molar-refractivity contribution >= 4 is 44.6 Å². The number of thiocarbonyl (C=S) groups is 1. The molecule has 0 bridgehead atoms. The van der Waals surface area contributed by atoms with E-state index in [9.17, 15) is 13.2 Å². The number of rotatable bonds is 6. The minimum absolute atomic E-state index is 0.125. The molecule has 32 heavy (non-hydrogen) atoms. The van der Waals surface area contributed by atoms with E-state index in [2.05, 4.69) is 24.5 Å². The summed E-state index contributed by atoms with van der Waals surface area (Å²) in [5.41, 5.74) is 2.78. The minimum atomic E-state index is -3.70. The SMILES string of the molecule is CC(C)c1ccc(C(=O)NC(=S)Nc2ccc(S(=O)(=O)N(C)c3ccccc3)cc2)cc1. The van der Waals surface area contributed by atoms with Gasteiger partial charge in [0.05, 0.1) is 10.6 Å². The van der Waals surface area contributed by atoms with Crippen molar-refractivity contribution in [2.75, 3.05) is 16.7 Å². The molecule has 0 aliphatic carbocycles. The van der Waals surface area contributed by atoms with Gasteiger partial charge in [0.1, 0.15) is 0 Å². The van der Waals surface area contributed by atoms with Gasteiger partial charge in [0.25, 0.3) is 15.9 Å². The van der Waals surface area contributed by atoms with Gasteiger partial charge in [-0.05, 0) is 72.2 Å². The lowest BCUT2D eigenvalue weighted by Crippen LogP contribution is -2.34. The largest absolute Gasteiger partial charge is 0.332 e. The normalized spacial score (nSPS) is 11.1. The second kappa shape index (κ2) is 9.93. The third-order valence-electron chi connectivity index (χ3n) is 4.96. The quantitative estimate of drug-likeness (QED) is 0.511. The van der Waals surface area contributed by atoms with Crippen molar-refractivity contribution in [3.63, 3.8) is 0 Å². The topological polar surface area (TPSA) is 78.5 Å². The Kier molecular flexibility index (Phi) is 7.27. The van der Waals surface area contributed by atoms with Crippen molar-refractivity contribution in [2.24, 2.45) is 0 Å². The molecule has 0 unspecified atom stereocenters. The monoisotopic (exact) mass is 467 g/mol. The highest BCUT2D eigenvalue weighted by molar-refractivity contribution is 7.92. The highest BCUT2D eigenvalue weighted by Crippen LogP contribution is 2.23. The van der Waals surface area contributed by atoms with Gasteiger partial charge < -0.3 is 5.32 Å². The Morgan fingerprint density at radius 2 is 1.50 bits per heavy atom. The van der Waals surface area contributed by atoms with Crippen molar-refractivity contribution in [3.8, 4) is 0 Å². The lowest BCUT2D eigenvalue weighted by atomic mass is 10.0. The lowest BCUT2D eigenvalue weighted by molar-refractivity contribution is 0.0977. The van der Waals surface area contributed by atoms with Crippen molar-refractivity contribution in [1.29, 1.82) is 0 Å². The maximum absolute atomic E-state index is 12.9. The number of amides is 1. The number of carbonyl (C=O) groups is 1. The van der Waals surface area contributed by atoms with Gasteiger partial charge in [0, 0.05) is 18.3 Å². The van der Waals surface area contributed by atoms with Crippen molar-refractivity contribution in [2.45, 2.75) is 24.7 Å². The van der Waals surface area contributed by atoms with Crippen LogP contribution in [0.15, 0.2) is 83.8 Å². The number of sulfonamides is 1. The molecule has 3 aromatic rings. The first-order valence-electron chi connectivity index (χ1n) is 10.0. The predicted molar refractivity (Wildman–Crippen MR) is 133 cm³/mol. The molecule has 0 atom stereocenters. The van der Waals surface area contributed by atoms with E-state index in [1.165, 1.54) is 23.5 Å². The van der Waals surface area contributed by atoms with Crippen LogP contribution >= 0.6 is 12.2 Å². The Morgan fingerprint density at radius 1 is 0.906 bits per heavy atom. The highest BCUT2D eigenvalue weighted by Gasteiger charge is 2.21. The minimum Gasteiger partial charge on any atom is -0.332 e. The van der Waals surface area contributed by atoms with Crippen LogP contribution in [0.1, 0.15) is 35.7 Å². The summed E-state index contributed by atoms with van der Waals surface area (Å²) >= 11 is 5.22. The number of benzene rings is 3. The van der Waals surface area contributed by atoms with Crippen molar-refractivity contribution in [1.82, 2.24) is 5.32 Å². The van der Waals surface area contributed by atoms with Crippen LogP contribution in [0.5, 0.6) is 0 Å². The third kappa shape index (κ3) is 5.52. The molecule has 2 N–H and O–H groups in total. The first-order valence-corrected chi connectivity index (χ1v) is 11.9. The van der Waals surface area contributed by atoms with E-state index in [1.807, 2.05) is 18.2 Å². The third-order valence-corrected chi connectivity index (χ3v) is 6.96. The maximum atomic E-state index is 12.9. The summed E-state index contributed by atoms with van der Waals surface area (Å²) < 4.78 is 26.9. The Labute approximate surface area is 194 Å².